The molecule has 1 N–H and O–H groups in total. The Labute approximate surface area is 158 Å². The van der Waals surface area contributed by atoms with Crippen molar-refractivity contribution in [2.45, 2.75) is 0 Å². The van der Waals surface area contributed by atoms with Crippen molar-refractivity contribution in [2.75, 3.05) is 31.1 Å². The third kappa shape index (κ3) is 3.62. The van der Waals surface area contributed by atoms with Gasteiger partial charge in [0.2, 0.25) is 0 Å². The molecule has 2 aromatic carbocycles. The van der Waals surface area contributed by atoms with Gasteiger partial charge in [-0.05, 0) is 23.8 Å². The van der Waals surface area contributed by atoms with Crippen molar-refractivity contribution in [1.29, 1.82) is 0 Å². The number of aromatic nitrogens is 1. The summed E-state index contributed by atoms with van der Waals surface area (Å²) in [5.74, 6) is 0.294. The number of nitrogens with zero attached hydrogens (tertiary/aromatic N) is 3. The van der Waals surface area contributed by atoms with Gasteiger partial charge in [-0.15, -0.1) is 0 Å². The zero-order chi connectivity index (χ0) is 18.6. The number of phenols is 1. The number of hydrogen-bond donors (Lipinski definition) is 1. The summed E-state index contributed by atoms with van der Waals surface area (Å²) >= 11 is 0. The molecule has 1 saturated heterocycles. The topological polar surface area (TPSA) is 56.7 Å². The number of aromatic hydroxyl groups is 1. The molecule has 5 nitrogen and oxygen atoms in total. The fourth-order valence-corrected chi connectivity index (χ4v) is 3.46. The number of anilines is 1. The minimum Gasteiger partial charge on any atom is -0.508 e. The maximum Gasteiger partial charge on any atom is 0.254 e. The standard InChI is InChI=1S/C22H21N3O2/c26-19-8-4-7-18(15-19)24-11-13-25(14-12-24)22(27)20-9-10-23-16-21(20)17-5-2-1-3-6-17/h1-10,15-16,26H,11-14H2. The lowest BCUT2D eigenvalue weighted by molar-refractivity contribution is 0.0747. The Morgan fingerprint density at radius 2 is 1.70 bits per heavy atom. The van der Waals surface area contributed by atoms with E-state index in [1.54, 1.807) is 30.6 Å². The SMILES string of the molecule is O=C(c1ccncc1-c1ccccc1)N1CCN(c2cccc(O)c2)CC1. The number of benzene rings is 2. The Bertz CT molecular complexity index is 935. The molecule has 1 aliphatic heterocycles. The van der Waals surface area contributed by atoms with E-state index in [2.05, 4.69) is 9.88 Å². The first-order valence-corrected chi connectivity index (χ1v) is 9.05. The highest BCUT2D eigenvalue weighted by Crippen LogP contribution is 2.25. The summed E-state index contributed by atoms with van der Waals surface area (Å²) in [5.41, 5.74) is 3.52. The van der Waals surface area contributed by atoms with Crippen molar-refractivity contribution in [2.24, 2.45) is 0 Å². The largest absolute Gasteiger partial charge is 0.508 e. The van der Waals surface area contributed by atoms with Crippen molar-refractivity contribution >= 4 is 11.6 Å². The Morgan fingerprint density at radius 1 is 0.926 bits per heavy atom. The van der Waals surface area contributed by atoms with Crippen molar-refractivity contribution < 1.29 is 9.90 Å². The monoisotopic (exact) mass is 359 g/mol. The number of piperazine rings is 1. The van der Waals surface area contributed by atoms with Gasteiger partial charge in [0, 0.05) is 55.9 Å². The lowest BCUT2D eigenvalue weighted by Crippen LogP contribution is -2.48. The van der Waals surface area contributed by atoms with Crippen LogP contribution in [0.3, 0.4) is 0 Å². The van der Waals surface area contributed by atoms with Crippen LogP contribution < -0.4 is 4.90 Å². The van der Waals surface area contributed by atoms with Gasteiger partial charge in [-0.1, -0.05) is 36.4 Å². The number of pyridine rings is 1. The molecule has 1 aromatic heterocycles. The third-order valence-corrected chi connectivity index (χ3v) is 4.90. The molecule has 5 heteroatoms. The maximum atomic E-state index is 13.1. The van der Waals surface area contributed by atoms with E-state index in [-0.39, 0.29) is 11.7 Å². The summed E-state index contributed by atoms with van der Waals surface area (Å²) < 4.78 is 0. The zero-order valence-electron chi connectivity index (χ0n) is 15.0. The van der Waals surface area contributed by atoms with Gasteiger partial charge in [-0.2, -0.15) is 0 Å². The van der Waals surface area contributed by atoms with E-state index in [1.165, 1.54) is 0 Å². The molecule has 1 fully saturated rings. The van der Waals surface area contributed by atoms with Gasteiger partial charge >= 0.3 is 0 Å². The minimum absolute atomic E-state index is 0.0341. The molecule has 3 aromatic rings. The number of amides is 1. The third-order valence-electron chi connectivity index (χ3n) is 4.90. The van der Waals surface area contributed by atoms with Crippen LogP contribution in [0.25, 0.3) is 11.1 Å². The van der Waals surface area contributed by atoms with Crippen LogP contribution in [0.1, 0.15) is 10.4 Å². The second-order valence-corrected chi connectivity index (χ2v) is 6.59. The summed E-state index contributed by atoms with van der Waals surface area (Å²) in [4.78, 5) is 21.4. The first kappa shape index (κ1) is 17.1. The van der Waals surface area contributed by atoms with Gasteiger partial charge in [-0.25, -0.2) is 0 Å². The molecule has 0 radical (unpaired) electrons. The molecule has 136 valence electrons. The van der Waals surface area contributed by atoms with Crippen LogP contribution in [0.2, 0.25) is 0 Å². The lowest BCUT2D eigenvalue weighted by Gasteiger charge is -2.36. The van der Waals surface area contributed by atoms with Gasteiger partial charge < -0.3 is 14.9 Å². The van der Waals surface area contributed by atoms with E-state index in [0.717, 1.165) is 29.9 Å². The quantitative estimate of drug-likeness (QED) is 0.779. The fourth-order valence-electron chi connectivity index (χ4n) is 3.46. The molecule has 0 spiro atoms. The molecule has 1 aliphatic rings. The highest BCUT2D eigenvalue weighted by Gasteiger charge is 2.24. The van der Waals surface area contributed by atoms with E-state index in [1.807, 2.05) is 47.4 Å². The summed E-state index contributed by atoms with van der Waals surface area (Å²) in [5, 5.41) is 9.67. The van der Waals surface area contributed by atoms with Crippen molar-refractivity contribution in [3.8, 4) is 16.9 Å². The molecule has 4 rings (SSSR count). The summed E-state index contributed by atoms with van der Waals surface area (Å²) in [7, 11) is 0. The van der Waals surface area contributed by atoms with E-state index in [0.29, 0.717) is 18.7 Å². The second kappa shape index (κ2) is 7.50. The lowest BCUT2D eigenvalue weighted by atomic mass is 10.0. The molecular weight excluding hydrogens is 338 g/mol. The Morgan fingerprint density at radius 3 is 2.44 bits per heavy atom. The van der Waals surface area contributed by atoms with Crippen molar-refractivity contribution in [3.63, 3.8) is 0 Å². The molecule has 0 saturated carbocycles. The minimum atomic E-state index is 0.0341. The summed E-state index contributed by atoms with van der Waals surface area (Å²) in [6, 6.07) is 18.9. The molecule has 0 aliphatic carbocycles. The van der Waals surface area contributed by atoms with Crippen LogP contribution in [0, 0.1) is 0 Å². The number of hydrogen-bond acceptors (Lipinski definition) is 4. The maximum absolute atomic E-state index is 13.1. The number of phenolic OH excluding ortho intramolecular Hbond substituents is 1. The molecule has 27 heavy (non-hydrogen) atoms. The van der Waals surface area contributed by atoms with Crippen molar-refractivity contribution in [1.82, 2.24) is 9.88 Å². The van der Waals surface area contributed by atoms with E-state index in [9.17, 15) is 9.90 Å². The van der Waals surface area contributed by atoms with Gasteiger partial charge in [0.25, 0.3) is 5.91 Å². The van der Waals surface area contributed by atoms with Crippen LogP contribution in [0.5, 0.6) is 5.75 Å². The van der Waals surface area contributed by atoms with Crippen molar-refractivity contribution in [3.05, 3.63) is 78.6 Å². The average molecular weight is 359 g/mol. The zero-order valence-corrected chi connectivity index (χ0v) is 15.0. The molecule has 2 heterocycles. The number of carbonyl (C=O) groups excluding carboxylic acids is 1. The summed E-state index contributed by atoms with van der Waals surface area (Å²) in [6.07, 6.45) is 3.42. The van der Waals surface area contributed by atoms with Gasteiger partial charge in [0.15, 0.2) is 0 Å². The molecule has 0 unspecified atom stereocenters. The van der Waals surface area contributed by atoms with Crippen LogP contribution >= 0.6 is 0 Å². The Hall–Kier alpha value is -3.34. The molecule has 1 amide bonds. The first-order valence-electron chi connectivity index (χ1n) is 9.05. The first-order chi connectivity index (χ1) is 13.2. The van der Waals surface area contributed by atoms with Crippen LogP contribution in [0.15, 0.2) is 73.1 Å². The fraction of sp³-hybridized carbons (Fsp3) is 0.182. The predicted molar refractivity (Wildman–Crippen MR) is 106 cm³/mol. The van der Waals surface area contributed by atoms with Gasteiger partial charge in [0.1, 0.15) is 5.75 Å². The molecule has 0 atom stereocenters. The number of carbonyl (C=O) groups is 1. The highest BCUT2D eigenvalue weighted by atomic mass is 16.3. The van der Waals surface area contributed by atoms with Gasteiger partial charge in [-0.3, -0.25) is 9.78 Å². The Kier molecular flexibility index (Phi) is 4.75. The predicted octanol–water partition coefficient (Wildman–Crippen LogP) is 3.42. The Balaban J connectivity index is 1.51. The molecule has 0 bridgehead atoms. The highest BCUT2D eigenvalue weighted by molar-refractivity contribution is 6.00. The van der Waals surface area contributed by atoms with Crippen LogP contribution in [0.4, 0.5) is 5.69 Å². The van der Waals surface area contributed by atoms with Crippen LogP contribution in [-0.2, 0) is 0 Å². The number of rotatable bonds is 3. The normalized spacial score (nSPS) is 14.2. The second-order valence-electron chi connectivity index (χ2n) is 6.59. The van der Waals surface area contributed by atoms with Crippen LogP contribution in [-0.4, -0.2) is 47.1 Å². The van der Waals surface area contributed by atoms with E-state index < -0.39 is 0 Å². The molecular formula is C22H21N3O2. The van der Waals surface area contributed by atoms with E-state index >= 15 is 0 Å². The van der Waals surface area contributed by atoms with Gasteiger partial charge in [0.05, 0.1) is 5.56 Å². The average Bonchev–Trinajstić information content (AvgIpc) is 2.74. The summed E-state index contributed by atoms with van der Waals surface area (Å²) in [6.45, 7) is 2.76. The smallest absolute Gasteiger partial charge is 0.254 e. The van der Waals surface area contributed by atoms with E-state index in [4.69, 9.17) is 0 Å².